The predicted octanol–water partition coefficient (Wildman–Crippen LogP) is 5.13. The number of anilines is 1. The predicted molar refractivity (Wildman–Crippen MR) is 102 cm³/mol. The van der Waals surface area contributed by atoms with E-state index in [0.717, 1.165) is 46.1 Å². The van der Waals surface area contributed by atoms with Gasteiger partial charge in [0.05, 0.1) is 12.5 Å². The number of hydrogen-bond donors (Lipinski definition) is 1. The summed E-state index contributed by atoms with van der Waals surface area (Å²) in [4.78, 5) is 10.3. The Bertz CT molecular complexity index is 824. The van der Waals surface area contributed by atoms with E-state index in [1.54, 1.807) is 18.4 Å². The third kappa shape index (κ3) is 3.51. The molecule has 4 nitrogen and oxygen atoms in total. The molecule has 0 aliphatic carbocycles. The van der Waals surface area contributed by atoms with Crippen molar-refractivity contribution < 1.29 is 4.74 Å². The lowest BCUT2D eigenvalue weighted by Gasteiger charge is -2.11. The number of ether oxygens (including phenoxy) is 1. The molecule has 1 aromatic carbocycles. The number of fused-ring (bicyclic) bond motifs is 1. The highest BCUT2D eigenvalue weighted by atomic mass is 32.1. The maximum absolute atomic E-state index is 5.25. The number of aryl methyl sites for hydroxylation is 1. The van der Waals surface area contributed by atoms with Gasteiger partial charge in [-0.2, -0.15) is 0 Å². The van der Waals surface area contributed by atoms with Crippen LogP contribution >= 0.6 is 11.3 Å². The van der Waals surface area contributed by atoms with Crippen LogP contribution in [0.5, 0.6) is 5.75 Å². The van der Waals surface area contributed by atoms with Gasteiger partial charge in [0.2, 0.25) is 0 Å². The highest BCUT2D eigenvalue weighted by molar-refractivity contribution is 7.17. The fourth-order valence-electron chi connectivity index (χ4n) is 2.64. The average molecular weight is 341 g/mol. The Kier molecular flexibility index (Phi) is 5.00. The quantitative estimate of drug-likeness (QED) is 0.675. The van der Waals surface area contributed by atoms with E-state index >= 15 is 0 Å². The second-order valence-electron chi connectivity index (χ2n) is 6.29. The van der Waals surface area contributed by atoms with Crippen LogP contribution in [0.1, 0.15) is 26.1 Å². The summed E-state index contributed by atoms with van der Waals surface area (Å²) in [7, 11) is 1.68. The van der Waals surface area contributed by atoms with E-state index in [4.69, 9.17) is 4.74 Å². The third-order valence-electron chi connectivity index (χ3n) is 3.96. The highest BCUT2D eigenvalue weighted by Gasteiger charge is 2.14. The molecule has 0 radical (unpaired) electrons. The molecule has 1 N–H and O–H groups in total. The van der Waals surface area contributed by atoms with Gasteiger partial charge in [0.1, 0.15) is 22.2 Å². The van der Waals surface area contributed by atoms with Crippen LogP contribution in [0, 0.1) is 12.8 Å². The average Bonchev–Trinajstić information content (AvgIpc) is 2.98. The molecule has 2 aromatic heterocycles. The van der Waals surface area contributed by atoms with E-state index in [1.807, 2.05) is 19.1 Å². The molecule has 0 atom stereocenters. The van der Waals surface area contributed by atoms with Crippen LogP contribution in [0.2, 0.25) is 0 Å². The van der Waals surface area contributed by atoms with Crippen LogP contribution in [-0.4, -0.2) is 23.6 Å². The normalized spacial score (nSPS) is 11.2. The molecule has 126 valence electrons. The summed E-state index contributed by atoms with van der Waals surface area (Å²) >= 11 is 1.66. The Morgan fingerprint density at radius 1 is 1.17 bits per heavy atom. The first kappa shape index (κ1) is 16.7. The van der Waals surface area contributed by atoms with Crippen molar-refractivity contribution >= 4 is 27.4 Å². The molecular weight excluding hydrogens is 318 g/mol. The minimum absolute atomic E-state index is 0.666. The van der Waals surface area contributed by atoms with Crippen molar-refractivity contribution in [3.8, 4) is 16.9 Å². The molecule has 0 amide bonds. The standard InChI is InChI=1S/C19H23N3OS/c1-12(2)9-10-20-18-17-16(11-24-19(17)22-13(3)21-18)14-5-7-15(23-4)8-6-14/h5-8,11-12H,9-10H2,1-4H3,(H,20,21,22). The second kappa shape index (κ2) is 7.18. The molecule has 0 bridgehead atoms. The fourth-order valence-corrected chi connectivity index (χ4v) is 3.63. The molecule has 0 aliphatic heterocycles. The molecule has 0 fully saturated rings. The molecule has 0 saturated carbocycles. The molecule has 0 spiro atoms. The van der Waals surface area contributed by atoms with Crippen LogP contribution < -0.4 is 10.1 Å². The van der Waals surface area contributed by atoms with Gasteiger partial charge in [0, 0.05) is 17.5 Å². The summed E-state index contributed by atoms with van der Waals surface area (Å²) in [6.07, 6.45) is 1.12. The van der Waals surface area contributed by atoms with E-state index in [2.05, 4.69) is 46.6 Å². The largest absolute Gasteiger partial charge is 0.497 e. The van der Waals surface area contributed by atoms with E-state index in [1.165, 1.54) is 5.56 Å². The van der Waals surface area contributed by atoms with Crippen LogP contribution in [-0.2, 0) is 0 Å². The molecule has 0 unspecified atom stereocenters. The maximum atomic E-state index is 5.25. The fraction of sp³-hybridized carbons (Fsp3) is 0.368. The number of rotatable bonds is 6. The Morgan fingerprint density at radius 2 is 1.92 bits per heavy atom. The van der Waals surface area contributed by atoms with Crippen molar-refractivity contribution in [3.63, 3.8) is 0 Å². The Morgan fingerprint density at radius 3 is 2.58 bits per heavy atom. The van der Waals surface area contributed by atoms with Crippen molar-refractivity contribution in [1.82, 2.24) is 9.97 Å². The van der Waals surface area contributed by atoms with E-state index in [-0.39, 0.29) is 0 Å². The summed E-state index contributed by atoms with van der Waals surface area (Å²) in [5, 5.41) is 6.78. The van der Waals surface area contributed by atoms with E-state index in [0.29, 0.717) is 5.92 Å². The Balaban J connectivity index is 2.01. The SMILES string of the molecule is COc1ccc(-c2csc3nc(C)nc(NCCC(C)C)c23)cc1. The molecule has 3 aromatic rings. The van der Waals surface area contributed by atoms with Gasteiger partial charge in [0.15, 0.2) is 0 Å². The Labute approximate surface area is 146 Å². The van der Waals surface area contributed by atoms with Gasteiger partial charge in [-0.1, -0.05) is 26.0 Å². The lowest BCUT2D eigenvalue weighted by Crippen LogP contribution is -2.07. The van der Waals surface area contributed by atoms with Crippen LogP contribution in [0.25, 0.3) is 21.3 Å². The zero-order chi connectivity index (χ0) is 17.1. The lowest BCUT2D eigenvalue weighted by atomic mass is 10.1. The summed E-state index contributed by atoms with van der Waals surface area (Å²) in [6.45, 7) is 7.33. The highest BCUT2D eigenvalue weighted by Crippen LogP contribution is 2.37. The molecule has 0 saturated heterocycles. The van der Waals surface area contributed by atoms with Gasteiger partial charge in [-0.25, -0.2) is 9.97 Å². The van der Waals surface area contributed by atoms with Gasteiger partial charge in [-0.3, -0.25) is 0 Å². The number of thiophene rings is 1. The van der Waals surface area contributed by atoms with Gasteiger partial charge in [-0.15, -0.1) is 11.3 Å². The molecule has 3 rings (SSSR count). The van der Waals surface area contributed by atoms with Crippen LogP contribution in [0.4, 0.5) is 5.82 Å². The van der Waals surface area contributed by atoms with Crippen LogP contribution in [0.15, 0.2) is 29.6 Å². The van der Waals surface area contributed by atoms with Crippen molar-refractivity contribution in [2.45, 2.75) is 27.2 Å². The lowest BCUT2D eigenvalue weighted by molar-refractivity contribution is 0.415. The summed E-state index contributed by atoms with van der Waals surface area (Å²) in [6, 6.07) is 8.13. The second-order valence-corrected chi connectivity index (χ2v) is 7.14. The first-order valence-electron chi connectivity index (χ1n) is 8.22. The third-order valence-corrected chi connectivity index (χ3v) is 4.83. The smallest absolute Gasteiger partial charge is 0.139 e. The zero-order valence-corrected chi connectivity index (χ0v) is 15.4. The first-order valence-corrected chi connectivity index (χ1v) is 9.10. The zero-order valence-electron chi connectivity index (χ0n) is 14.6. The molecule has 0 aliphatic rings. The number of nitrogens with zero attached hydrogens (tertiary/aromatic N) is 2. The summed E-state index contributed by atoms with van der Waals surface area (Å²) < 4.78 is 5.25. The van der Waals surface area contributed by atoms with Crippen LogP contribution in [0.3, 0.4) is 0 Å². The topological polar surface area (TPSA) is 47.0 Å². The van der Waals surface area contributed by atoms with Crippen molar-refractivity contribution in [1.29, 1.82) is 0 Å². The number of nitrogens with one attached hydrogen (secondary N) is 1. The summed E-state index contributed by atoms with van der Waals surface area (Å²) in [5.41, 5.74) is 2.33. The van der Waals surface area contributed by atoms with Crippen molar-refractivity contribution in [2.75, 3.05) is 19.0 Å². The number of benzene rings is 1. The molecule has 24 heavy (non-hydrogen) atoms. The number of hydrogen-bond acceptors (Lipinski definition) is 5. The monoisotopic (exact) mass is 341 g/mol. The summed E-state index contributed by atoms with van der Waals surface area (Å²) in [5.74, 6) is 3.27. The van der Waals surface area contributed by atoms with E-state index < -0.39 is 0 Å². The van der Waals surface area contributed by atoms with Crippen molar-refractivity contribution in [3.05, 3.63) is 35.5 Å². The molecule has 5 heteroatoms. The minimum atomic E-state index is 0.666. The number of methoxy groups -OCH3 is 1. The van der Waals surface area contributed by atoms with Gasteiger partial charge in [0.25, 0.3) is 0 Å². The maximum Gasteiger partial charge on any atom is 0.139 e. The van der Waals surface area contributed by atoms with Crippen molar-refractivity contribution in [2.24, 2.45) is 5.92 Å². The van der Waals surface area contributed by atoms with Gasteiger partial charge in [-0.05, 0) is 37.0 Å². The van der Waals surface area contributed by atoms with E-state index in [9.17, 15) is 0 Å². The first-order chi connectivity index (χ1) is 11.6. The van der Waals surface area contributed by atoms with Gasteiger partial charge < -0.3 is 10.1 Å². The Hall–Kier alpha value is -2.14. The molecule has 2 heterocycles. The van der Waals surface area contributed by atoms with Gasteiger partial charge >= 0.3 is 0 Å². The minimum Gasteiger partial charge on any atom is -0.497 e. The molecular formula is C19H23N3OS. The number of aromatic nitrogens is 2.